The Morgan fingerprint density at radius 1 is 1.20 bits per heavy atom. The topological polar surface area (TPSA) is 17.1 Å². The van der Waals surface area contributed by atoms with E-state index in [0.29, 0.717) is 0 Å². The van der Waals surface area contributed by atoms with Gasteiger partial charge in [-0.2, -0.15) is 8.78 Å². The van der Waals surface area contributed by atoms with Crippen molar-refractivity contribution >= 4 is 5.78 Å². The van der Waals surface area contributed by atoms with E-state index in [0.717, 1.165) is 0 Å². The van der Waals surface area contributed by atoms with Crippen molar-refractivity contribution in [2.24, 2.45) is 0 Å². The third-order valence-corrected chi connectivity index (χ3v) is 1.64. The molecule has 82 valence electrons. The molecule has 0 atom stereocenters. The molecular weight excluding hydrogens is 219 g/mol. The molecular formula is C9H5F5O. The Hall–Kier alpha value is -1.46. The van der Waals surface area contributed by atoms with E-state index >= 15 is 0 Å². The van der Waals surface area contributed by atoms with Crippen molar-refractivity contribution in [1.82, 2.24) is 0 Å². The summed E-state index contributed by atoms with van der Waals surface area (Å²) in [5.74, 6) is -10.6. The number of carbonyl (C=O) groups is 1. The molecule has 1 aromatic rings. The molecule has 0 N–H and O–H groups in total. The summed E-state index contributed by atoms with van der Waals surface area (Å²) < 4.78 is 63.0. The maximum Gasteiger partial charge on any atom is 0.307 e. The summed E-state index contributed by atoms with van der Waals surface area (Å²) in [6.45, 7) is 0.220. The fourth-order valence-electron chi connectivity index (χ4n) is 0.958. The van der Waals surface area contributed by atoms with Gasteiger partial charge in [0.25, 0.3) is 0 Å². The first-order valence-corrected chi connectivity index (χ1v) is 3.80. The average Bonchev–Trinajstić information content (AvgIpc) is 2.08. The Kier molecular flexibility index (Phi) is 2.79. The van der Waals surface area contributed by atoms with Crippen LogP contribution in [-0.4, -0.2) is 11.7 Å². The molecule has 0 spiro atoms. The Balaban J connectivity index is 3.32. The molecule has 0 amide bonds. The molecule has 15 heavy (non-hydrogen) atoms. The van der Waals surface area contributed by atoms with Gasteiger partial charge in [0.1, 0.15) is 5.82 Å². The van der Waals surface area contributed by atoms with Crippen molar-refractivity contribution in [2.45, 2.75) is 12.8 Å². The van der Waals surface area contributed by atoms with Gasteiger partial charge in [0.2, 0.25) is 5.78 Å². The summed E-state index contributed by atoms with van der Waals surface area (Å²) in [7, 11) is 0. The minimum Gasteiger partial charge on any atom is -0.287 e. The van der Waals surface area contributed by atoms with Gasteiger partial charge >= 0.3 is 5.92 Å². The van der Waals surface area contributed by atoms with Crippen molar-refractivity contribution in [3.63, 3.8) is 0 Å². The second-order valence-corrected chi connectivity index (χ2v) is 2.97. The third kappa shape index (κ3) is 2.31. The molecule has 0 saturated heterocycles. The van der Waals surface area contributed by atoms with Crippen molar-refractivity contribution in [3.8, 4) is 0 Å². The monoisotopic (exact) mass is 224 g/mol. The minimum absolute atomic E-state index is 0.167. The van der Waals surface area contributed by atoms with Gasteiger partial charge < -0.3 is 0 Å². The van der Waals surface area contributed by atoms with E-state index in [1.54, 1.807) is 0 Å². The van der Waals surface area contributed by atoms with Crippen LogP contribution in [0.3, 0.4) is 0 Å². The van der Waals surface area contributed by atoms with Crippen molar-refractivity contribution in [1.29, 1.82) is 0 Å². The van der Waals surface area contributed by atoms with Gasteiger partial charge in [0, 0.05) is 13.0 Å². The highest BCUT2D eigenvalue weighted by molar-refractivity contribution is 6.01. The SMILES string of the molecule is CC(F)(F)C(=O)c1cc(F)cc(F)c1F. The Morgan fingerprint density at radius 2 is 1.73 bits per heavy atom. The Bertz CT molecular complexity index is 408. The molecule has 0 aromatic heterocycles. The quantitative estimate of drug-likeness (QED) is 0.428. The van der Waals surface area contributed by atoms with Crippen LogP contribution in [0.5, 0.6) is 0 Å². The smallest absolute Gasteiger partial charge is 0.287 e. The first-order valence-electron chi connectivity index (χ1n) is 3.80. The molecule has 0 radical (unpaired) electrons. The predicted octanol–water partition coefficient (Wildman–Crippen LogP) is 2.94. The first kappa shape index (κ1) is 11.6. The zero-order valence-electron chi connectivity index (χ0n) is 7.45. The minimum atomic E-state index is -3.87. The largest absolute Gasteiger partial charge is 0.307 e. The maximum atomic E-state index is 12.9. The number of hydrogen-bond acceptors (Lipinski definition) is 1. The van der Waals surface area contributed by atoms with Crippen LogP contribution in [0.1, 0.15) is 17.3 Å². The maximum absolute atomic E-state index is 12.9. The normalized spacial score (nSPS) is 11.6. The van der Waals surface area contributed by atoms with E-state index in [4.69, 9.17) is 0 Å². The fraction of sp³-hybridized carbons (Fsp3) is 0.222. The number of hydrogen-bond donors (Lipinski definition) is 0. The highest BCUT2D eigenvalue weighted by Crippen LogP contribution is 2.23. The van der Waals surface area contributed by atoms with Gasteiger partial charge in [0.05, 0.1) is 5.56 Å². The van der Waals surface area contributed by atoms with Crippen LogP contribution in [0.25, 0.3) is 0 Å². The number of Topliss-reactive ketones (excluding diaryl/α,β-unsaturated/α-hetero) is 1. The van der Waals surface area contributed by atoms with E-state index in [1.807, 2.05) is 0 Å². The standard InChI is InChI=1S/C9H5F5O/c1-9(13,14)8(15)5-2-4(10)3-6(11)7(5)12/h2-3H,1H3. The number of benzene rings is 1. The summed E-state index contributed by atoms with van der Waals surface area (Å²) in [5.41, 5.74) is -1.29. The number of ketones is 1. The van der Waals surface area contributed by atoms with Crippen LogP contribution in [0.4, 0.5) is 22.0 Å². The van der Waals surface area contributed by atoms with Crippen LogP contribution < -0.4 is 0 Å². The zero-order chi connectivity index (χ0) is 11.8. The molecule has 0 fully saturated rings. The molecule has 0 aliphatic rings. The van der Waals surface area contributed by atoms with Crippen LogP contribution in [0.15, 0.2) is 12.1 Å². The number of rotatable bonds is 2. The summed E-state index contributed by atoms with van der Waals surface area (Å²) in [6.07, 6.45) is 0. The molecule has 6 heteroatoms. The number of carbonyl (C=O) groups excluding carboxylic acids is 1. The first-order chi connectivity index (χ1) is 6.73. The van der Waals surface area contributed by atoms with Gasteiger partial charge in [-0.1, -0.05) is 0 Å². The van der Waals surface area contributed by atoms with Crippen LogP contribution in [0, 0.1) is 17.5 Å². The van der Waals surface area contributed by atoms with Crippen LogP contribution >= 0.6 is 0 Å². The van der Waals surface area contributed by atoms with Gasteiger partial charge in [-0.05, 0) is 6.07 Å². The third-order valence-electron chi connectivity index (χ3n) is 1.64. The van der Waals surface area contributed by atoms with Crippen molar-refractivity contribution in [2.75, 3.05) is 0 Å². The lowest BCUT2D eigenvalue weighted by Crippen LogP contribution is -2.25. The predicted molar refractivity (Wildman–Crippen MR) is 41.3 cm³/mol. The molecule has 1 nitrogen and oxygen atoms in total. The summed E-state index contributed by atoms with van der Waals surface area (Å²) in [5, 5.41) is 0. The average molecular weight is 224 g/mol. The summed E-state index contributed by atoms with van der Waals surface area (Å²) in [4.78, 5) is 10.9. The molecule has 0 aliphatic carbocycles. The van der Waals surface area contributed by atoms with E-state index in [9.17, 15) is 26.7 Å². The second-order valence-electron chi connectivity index (χ2n) is 2.97. The van der Waals surface area contributed by atoms with Crippen LogP contribution in [0.2, 0.25) is 0 Å². The van der Waals surface area contributed by atoms with E-state index in [-0.39, 0.29) is 19.1 Å². The molecule has 0 aliphatic heterocycles. The molecule has 1 rings (SSSR count). The highest BCUT2D eigenvalue weighted by Gasteiger charge is 2.36. The molecule has 0 saturated carbocycles. The lowest BCUT2D eigenvalue weighted by Gasteiger charge is -2.09. The molecule has 0 bridgehead atoms. The Labute approximate surface area is 81.5 Å². The second kappa shape index (κ2) is 3.60. The van der Waals surface area contributed by atoms with E-state index in [1.165, 1.54) is 0 Å². The number of halogens is 5. The van der Waals surface area contributed by atoms with E-state index < -0.39 is 34.7 Å². The van der Waals surface area contributed by atoms with Crippen LogP contribution in [-0.2, 0) is 0 Å². The zero-order valence-corrected chi connectivity index (χ0v) is 7.45. The van der Waals surface area contributed by atoms with Gasteiger partial charge in [-0.25, -0.2) is 13.2 Å². The van der Waals surface area contributed by atoms with Gasteiger partial charge in [-0.15, -0.1) is 0 Å². The summed E-state index contributed by atoms with van der Waals surface area (Å²) in [6, 6.07) is 0.401. The van der Waals surface area contributed by atoms with Crippen molar-refractivity contribution < 1.29 is 26.7 Å². The lowest BCUT2D eigenvalue weighted by atomic mass is 10.1. The molecule has 1 aromatic carbocycles. The van der Waals surface area contributed by atoms with E-state index in [2.05, 4.69) is 0 Å². The Morgan fingerprint density at radius 3 is 2.20 bits per heavy atom. The highest BCUT2D eigenvalue weighted by atomic mass is 19.3. The van der Waals surface area contributed by atoms with Crippen molar-refractivity contribution in [3.05, 3.63) is 35.1 Å². The molecule has 0 heterocycles. The van der Waals surface area contributed by atoms with Gasteiger partial charge in [-0.3, -0.25) is 4.79 Å². The lowest BCUT2D eigenvalue weighted by molar-refractivity contribution is 0.0216. The molecule has 0 unspecified atom stereocenters. The summed E-state index contributed by atoms with van der Waals surface area (Å²) >= 11 is 0. The number of alkyl halides is 2. The fourth-order valence-corrected chi connectivity index (χ4v) is 0.958. The van der Waals surface area contributed by atoms with Gasteiger partial charge in [0.15, 0.2) is 11.6 Å².